The van der Waals surface area contributed by atoms with E-state index in [1.807, 2.05) is 36.3 Å². The first kappa shape index (κ1) is 18.6. The maximum Gasteiger partial charge on any atom is 0.222 e. The molecule has 3 rings (SSSR count). The molecule has 0 spiro atoms. The zero-order valence-electron chi connectivity index (χ0n) is 16.5. The van der Waals surface area contributed by atoms with Crippen LogP contribution in [0.2, 0.25) is 0 Å². The summed E-state index contributed by atoms with van der Waals surface area (Å²) in [5.74, 6) is 0.586. The highest BCUT2D eigenvalue weighted by molar-refractivity contribution is 5.78. The molecule has 0 bridgehead atoms. The minimum atomic E-state index is 0.0263. The Bertz CT molecular complexity index is 775. The summed E-state index contributed by atoms with van der Waals surface area (Å²) < 4.78 is 3.90. The molecule has 2 aromatic rings. The summed E-state index contributed by atoms with van der Waals surface area (Å²) in [6.45, 7) is 11.5. The molecule has 0 unspecified atom stereocenters. The van der Waals surface area contributed by atoms with E-state index in [0.29, 0.717) is 12.5 Å². The summed E-state index contributed by atoms with van der Waals surface area (Å²) in [5.41, 5.74) is 4.37. The van der Waals surface area contributed by atoms with E-state index in [2.05, 4.69) is 34.6 Å². The molecule has 1 N–H and O–H groups in total. The number of aryl methyl sites for hydroxylation is 1. The van der Waals surface area contributed by atoms with Crippen LogP contribution < -0.4 is 5.32 Å². The Morgan fingerprint density at radius 2 is 2.08 bits per heavy atom. The first-order chi connectivity index (χ1) is 12.3. The zero-order chi connectivity index (χ0) is 18.8. The average Bonchev–Trinajstić information content (AvgIpc) is 3.27. The molecule has 1 amide bonds. The van der Waals surface area contributed by atoms with Crippen LogP contribution in [-0.4, -0.2) is 36.7 Å². The lowest BCUT2D eigenvalue weighted by Crippen LogP contribution is -2.40. The molecule has 0 radical (unpaired) electrons. The number of amides is 1. The molecule has 1 fully saturated rings. The van der Waals surface area contributed by atoms with Crippen molar-refractivity contribution in [3.05, 3.63) is 28.8 Å². The number of aromatic nitrogens is 5. The first-order valence-corrected chi connectivity index (χ1v) is 9.55. The van der Waals surface area contributed by atoms with Crippen LogP contribution in [0.5, 0.6) is 0 Å². The highest BCUT2D eigenvalue weighted by Crippen LogP contribution is 2.27. The number of carbonyl (C=O) groups is 1. The van der Waals surface area contributed by atoms with E-state index >= 15 is 0 Å². The van der Waals surface area contributed by atoms with Gasteiger partial charge < -0.3 is 5.32 Å². The van der Waals surface area contributed by atoms with Gasteiger partial charge in [-0.25, -0.2) is 0 Å². The van der Waals surface area contributed by atoms with Gasteiger partial charge in [0, 0.05) is 24.2 Å². The largest absolute Gasteiger partial charge is 0.353 e. The lowest BCUT2D eigenvalue weighted by molar-refractivity contribution is -0.125. The van der Waals surface area contributed by atoms with E-state index in [9.17, 15) is 4.79 Å². The van der Waals surface area contributed by atoms with Crippen LogP contribution in [0.25, 0.3) is 0 Å². The lowest BCUT2D eigenvalue weighted by Gasteiger charge is -2.21. The fourth-order valence-corrected chi connectivity index (χ4v) is 3.63. The normalized spacial score (nSPS) is 20.1. The number of hydrogen-bond acceptors (Lipinski definition) is 4. The van der Waals surface area contributed by atoms with E-state index in [0.717, 1.165) is 37.2 Å². The number of nitrogens with zero attached hydrogens (tertiary/aromatic N) is 5. The zero-order valence-corrected chi connectivity index (χ0v) is 16.5. The second-order valence-corrected chi connectivity index (χ2v) is 7.85. The molecule has 7 heteroatoms. The van der Waals surface area contributed by atoms with Gasteiger partial charge in [-0.1, -0.05) is 25.5 Å². The van der Waals surface area contributed by atoms with Crippen LogP contribution in [0.3, 0.4) is 0 Å². The summed E-state index contributed by atoms with van der Waals surface area (Å²) in [4.78, 5) is 12.0. The molecule has 0 aliphatic heterocycles. The number of carbonyl (C=O) groups excluding carboxylic acids is 1. The summed E-state index contributed by atoms with van der Waals surface area (Å²) in [5, 5.41) is 16.4. The van der Waals surface area contributed by atoms with E-state index in [-0.39, 0.29) is 17.9 Å². The smallest absolute Gasteiger partial charge is 0.222 e. The van der Waals surface area contributed by atoms with Crippen LogP contribution in [-0.2, 0) is 17.9 Å². The first-order valence-electron chi connectivity index (χ1n) is 9.55. The number of rotatable bonds is 6. The summed E-state index contributed by atoms with van der Waals surface area (Å²) in [6, 6.07) is 0.246. The molecule has 1 saturated carbocycles. The van der Waals surface area contributed by atoms with E-state index in [1.54, 1.807) is 0 Å². The minimum Gasteiger partial charge on any atom is -0.353 e. The van der Waals surface area contributed by atoms with E-state index in [4.69, 9.17) is 0 Å². The van der Waals surface area contributed by atoms with E-state index in [1.165, 1.54) is 11.3 Å². The fraction of sp³-hybridized carbons (Fsp3) is 0.684. The number of nitrogens with one attached hydrogen (secondary N) is 1. The van der Waals surface area contributed by atoms with Gasteiger partial charge in [-0.15, -0.1) is 5.10 Å². The Morgan fingerprint density at radius 3 is 2.73 bits per heavy atom. The van der Waals surface area contributed by atoms with Crippen molar-refractivity contribution in [3.63, 3.8) is 0 Å². The molecule has 2 heterocycles. The Balaban J connectivity index is 1.62. The molecule has 1 aliphatic carbocycles. The SMILES string of the molecule is Cc1nn(Cc2cn(C[C@H]3CCC[C@H]3NC(=O)C(C)C)nn2)c(C)c1C. The molecule has 7 nitrogen and oxygen atoms in total. The van der Waals surface area contributed by atoms with Crippen molar-refractivity contribution in [1.82, 2.24) is 30.1 Å². The molecular weight excluding hydrogens is 328 g/mol. The van der Waals surface area contributed by atoms with Gasteiger partial charge in [-0.3, -0.25) is 14.2 Å². The summed E-state index contributed by atoms with van der Waals surface area (Å²) in [7, 11) is 0. The molecule has 1 aliphatic rings. The molecule has 26 heavy (non-hydrogen) atoms. The number of hydrogen-bond donors (Lipinski definition) is 1. The second kappa shape index (κ2) is 7.60. The monoisotopic (exact) mass is 358 g/mol. The quantitative estimate of drug-likeness (QED) is 0.860. The molecule has 142 valence electrons. The molecule has 0 saturated heterocycles. The summed E-state index contributed by atoms with van der Waals surface area (Å²) >= 11 is 0. The van der Waals surface area contributed by atoms with Crippen LogP contribution in [0.15, 0.2) is 6.20 Å². The van der Waals surface area contributed by atoms with Crippen LogP contribution in [0, 0.1) is 32.6 Å². The van der Waals surface area contributed by atoms with Crippen molar-refractivity contribution in [3.8, 4) is 0 Å². The van der Waals surface area contributed by atoms with Crippen molar-refractivity contribution >= 4 is 5.91 Å². The van der Waals surface area contributed by atoms with Gasteiger partial charge in [0.1, 0.15) is 5.69 Å². The van der Waals surface area contributed by atoms with Crippen LogP contribution >= 0.6 is 0 Å². The van der Waals surface area contributed by atoms with Crippen molar-refractivity contribution in [2.24, 2.45) is 11.8 Å². The van der Waals surface area contributed by atoms with Gasteiger partial charge in [-0.2, -0.15) is 5.10 Å². The van der Waals surface area contributed by atoms with Crippen molar-refractivity contribution in [2.75, 3.05) is 0 Å². The van der Waals surface area contributed by atoms with Gasteiger partial charge in [0.2, 0.25) is 5.91 Å². The minimum absolute atomic E-state index is 0.0263. The highest BCUT2D eigenvalue weighted by atomic mass is 16.1. The predicted octanol–water partition coefficient (Wildman–Crippen LogP) is 2.39. The van der Waals surface area contributed by atoms with Crippen molar-refractivity contribution in [1.29, 1.82) is 0 Å². The van der Waals surface area contributed by atoms with Gasteiger partial charge in [0.05, 0.1) is 18.4 Å². The molecular formula is C19H30N6O. The third-order valence-corrected chi connectivity index (χ3v) is 5.57. The van der Waals surface area contributed by atoms with Crippen molar-refractivity contribution < 1.29 is 4.79 Å². The Kier molecular flexibility index (Phi) is 5.44. The topological polar surface area (TPSA) is 77.6 Å². The Hall–Kier alpha value is -2.18. The third-order valence-electron chi connectivity index (χ3n) is 5.57. The van der Waals surface area contributed by atoms with Gasteiger partial charge in [0.25, 0.3) is 0 Å². The fourth-order valence-electron chi connectivity index (χ4n) is 3.63. The van der Waals surface area contributed by atoms with E-state index < -0.39 is 0 Å². The van der Waals surface area contributed by atoms with Gasteiger partial charge >= 0.3 is 0 Å². The van der Waals surface area contributed by atoms with Gasteiger partial charge in [-0.05, 0) is 45.1 Å². The summed E-state index contributed by atoms with van der Waals surface area (Å²) in [6.07, 6.45) is 5.33. The maximum absolute atomic E-state index is 12.0. The third kappa shape index (κ3) is 3.97. The molecule has 2 aromatic heterocycles. The van der Waals surface area contributed by atoms with Gasteiger partial charge in [0.15, 0.2) is 0 Å². The molecule has 2 atom stereocenters. The highest BCUT2D eigenvalue weighted by Gasteiger charge is 2.29. The second-order valence-electron chi connectivity index (χ2n) is 7.85. The van der Waals surface area contributed by atoms with Crippen molar-refractivity contribution in [2.45, 2.75) is 73.0 Å². The lowest BCUT2D eigenvalue weighted by atomic mass is 10.0. The average molecular weight is 358 g/mol. The maximum atomic E-state index is 12.0. The predicted molar refractivity (Wildman–Crippen MR) is 99.7 cm³/mol. The Labute approximate surface area is 155 Å². The Morgan fingerprint density at radius 1 is 1.31 bits per heavy atom. The van der Waals surface area contributed by atoms with Crippen LogP contribution in [0.4, 0.5) is 0 Å². The van der Waals surface area contributed by atoms with Crippen LogP contribution in [0.1, 0.15) is 55.8 Å². The molecule has 0 aromatic carbocycles. The standard InChI is InChI=1S/C19H30N6O/c1-12(2)19(26)20-18-8-6-7-16(18)9-24-10-17(21-23-24)11-25-15(5)13(3)14(4)22-25/h10,12,16,18H,6-9,11H2,1-5H3,(H,20,26)/t16-,18-/m1/s1.